The predicted octanol–water partition coefficient (Wildman–Crippen LogP) is 3.80. The number of rotatable bonds is 2. The van der Waals surface area contributed by atoms with Gasteiger partial charge in [0.2, 0.25) is 0 Å². The number of carbonyl (C=O) groups is 1. The lowest BCUT2D eigenvalue weighted by molar-refractivity contribution is -0.143. The van der Waals surface area contributed by atoms with Crippen molar-refractivity contribution in [3.05, 3.63) is 83.1 Å². The Morgan fingerprint density at radius 1 is 0.957 bits per heavy atom. The number of hydrogen-bond acceptors (Lipinski definition) is 3. The van der Waals surface area contributed by atoms with Gasteiger partial charge in [-0.1, -0.05) is 60.7 Å². The number of carbonyl (C=O) groups excluding carboxylic acids is 1. The minimum absolute atomic E-state index is 0.0199. The van der Waals surface area contributed by atoms with Crippen LogP contribution < -0.4 is 0 Å². The van der Waals surface area contributed by atoms with Crippen LogP contribution in [0.25, 0.3) is 0 Å². The van der Waals surface area contributed by atoms with E-state index in [0.717, 1.165) is 17.5 Å². The maximum atomic E-state index is 12.3. The molecule has 2 aromatic carbocycles. The average molecular weight is 306 g/mol. The second-order valence-electron chi connectivity index (χ2n) is 6.02. The fourth-order valence-corrected chi connectivity index (χ4v) is 3.86. The summed E-state index contributed by atoms with van der Waals surface area (Å²) in [7, 11) is 0. The van der Waals surface area contributed by atoms with Gasteiger partial charge in [-0.2, -0.15) is 0 Å². The molecule has 3 heteroatoms. The first kappa shape index (κ1) is 14.1. The molecule has 23 heavy (non-hydrogen) atoms. The van der Waals surface area contributed by atoms with Gasteiger partial charge in [0.05, 0.1) is 12.2 Å². The van der Waals surface area contributed by atoms with Gasteiger partial charge in [0.25, 0.3) is 0 Å². The predicted molar refractivity (Wildman–Crippen MR) is 86.5 cm³/mol. The van der Waals surface area contributed by atoms with Gasteiger partial charge in [-0.3, -0.25) is 0 Å². The van der Waals surface area contributed by atoms with Gasteiger partial charge in [-0.15, -0.1) is 0 Å². The van der Waals surface area contributed by atoms with Crippen LogP contribution in [-0.2, 0) is 19.9 Å². The highest BCUT2D eigenvalue weighted by Gasteiger charge is 2.54. The minimum Gasteiger partial charge on any atom is -0.481 e. The zero-order chi connectivity index (χ0) is 15.9. The van der Waals surface area contributed by atoms with Gasteiger partial charge in [-0.05, 0) is 13.3 Å². The molecule has 0 radical (unpaired) electrons. The molecule has 0 spiro atoms. The molecule has 116 valence electrons. The van der Waals surface area contributed by atoms with Gasteiger partial charge in [0, 0.05) is 17.0 Å². The highest BCUT2D eigenvalue weighted by molar-refractivity contribution is 5.91. The van der Waals surface area contributed by atoms with Crippen LogP contribution in [0.1, 0.15) is 24.5 Å². The van der Waals surface area contributed by atoms with Crippen molar-refractivity contribution in [3.8, 4) is 0 Å². The average Bonchev–Trinajstić information content (AvgIpc) is 2.92. The van der Waals surface area contributed by atoms with Crippen molar-refractivity contribution < 1.29 is 14.3 Å². The maximum absolute atomic E-state index is 12.3. The summed E-state index contributed by atoms with van der Waals surface area (Å²) < 4.78 is 11.7. The van der Waals surface area contributed by atoms with Crippen LogP contribution in [0.15, 0.2) is 72.0 Å². The highest BCUT2D eigenvalue weighted by Crippen LogP contribution is 2.53. The number of hydrogen-bond donors (Lipinski definition) is 0. The molecule has 0 aromatic heterocycles. The van der Waals surface area contributed by atoms with Crippen molar-refractivity contribution in [2.45, 2.75) is 18.9 Å². The van der Waals surface area contributed by atoms with E-state index in [1.165, 1.54) is 0 Å². The smallest absolute Gasteiger partial charge is 0.337 e. The monoisotopic (exact) mass is 306 g/mol. The van der Waals surface area contributed by atoms with Crippen LogP contribution in [0.2, 0.25) is 0 Å². The number of esters is 1. The number of benzene rings is 2. The second kappa shape index (κ2) is 5.27. The van der Waals surface area contributed by atoms with Crippen LogP contribution in [0.4, 0.5) is 0 Å². The molecule has 1 unspecified atom stereocenters. The third-order valence-corrected chi connectivity index (χ3v) is 4.80. The SMILES string of the molecule is CC1=C2C(=O)OCCC2C(c2ccccc2)(c2ccccc2)O1. The third kappa shape index (κ3) is 2.00. The number of ether oxygens (including phenoxy) is 2. The van der Waals surface area contributed by atoms with Crippen molar-refractivity contribution >= 4 is 5.97 Å². The molecule has 0 amide bonds. The third-order valence-electron chi connectivity index (χ3n) is 4.80. The maximum Gasteiger partial charge on any atom is 0.337 e. The van der Waals surface area contributed by atoms with E-state index in [4.69, 9.17) is 9.47 Å². The molecule has 0 saturated carbocycles. The molecule has 1 saturated heterocycles. The topological polar surface area (TPSA) is 35.5 Å². The Hall–Kier alpha value is -2.55. The Kier molecular flexibility index (Phi) is 3.22. The number of cyclic esters (lactones) is 1. The van der Waals surface area contributed by atoms with Crippen molar-refractivity contribution in [3.63, 3.8) is 0 Å². The van der Waals surface area contributed by atoms with Crippen LogP contribution >= 0.6 is 0 Å². The van der Waals surface area contributed by atoms with Crippen molar-refractivity contribution in [1.29, 1.82) is 0 Å². The molecular formula is C20H18O3. The van der Waals surface area contributed by atoms with Crippen molar-refractivity contribution in [1.82, 2.24) is 0 Å². The van der Waals surface area contributed by atoms with Gasteiger partial charge >= 0.3 is 5.97 Å². The summed E-state index contributed by atoms with van der Waals surface area (Å²) in [5, 5.41) is 0. The van der Waals surface area contributed by atoms with Crippen LogP contribution in [0, 0.1) is 5.92 Å². The molecule has 4 rings (SSSR count). The summed E-state index contributed by atoms with van der Waals surface area (Å²) in [6.45, 7) is 2.30. The molecule has 2 aliphatic rings. The lowest BCUT2D eigenvalue weighted by atomic mass is 9.72. The van der Waals surface area contributed by atoms with Gasteiger partial charge < -0.3 is 9.47 Å². The first-order valence-electron chi connectivity index (χ1n) is 7.91. The van der Waals surface area contributed by atoms with E-state index in [2.05, 4.69) is 24.3 Å². The summed E-state index contributed by atoms with van der Waals surface area (Å²) in [5.41, 5.74) is 2.17. The summed E-state index contributed by atoms with van der Waals surface area (Å²) in [6.07, 6.45) is 0.766. The van der Waals surface area contributed by atoms with E-state index in [0.29, 0.717) is 17.9 Å². The van der Waals surface area contributed by atoms with Gasteiger partial charge in [-0.25, -0.2) is 4.79 Å². The molecule has 0 aliphatic carbocycles. The molecule has 1 fully saturated rings. The normalized spacial score (nSPS) is 22.3. The fraction of sp³-hybridized carbons (Fsp3) is 0.250. The highest BCUT2D eigenvalue weighted by atomic mass is 16.5. The molecule has 0 bridgehead atoms. The zero-order valence-electron chi connectivity index (χ0n) is 13.0. The Morgan fingerprint density at radius 3 is 2.09 bits per heavy atom. The molecule has 1 atom stereocenters. The van der Waals surface area contributed by atoms with E-state index >= 15 is 0 Å². The van der Waals surface area contributed by atoms with E-state index in [-0.39, 0.29) is 11.9 Å². The van der Waals surface area contributed by atoms with Crippen LogP contribution in [0.3, 0.4) is 0 Å². The van der Waals surface area contributed by atoms with Gasteiger partial charge in [0.1, 0.15) is 5.76 Å². The minimum atomic E-state index is -0.651. The summed E-state index contributed by atoms with van der Waals surface area (Å²) >= 11 is 0. The van der Waals surface area contributed by atoms with E-state index in [1.54, 1.807) is 0 Å². The lowest BCUT2D eigenvalue weighted by Gasteiger charge is -2.38. The van der Waals surface area contributed by atoms with E-state index in [9.17, 15) is 4.79 Å². The van der Waals surface area contributed by atoms with Crippen LogP contribution in [-0.4, -0.2) is 12.6 Å². The fourth-order valence-electron chi connectivity index (χ4n) is 3.86. The largest absolute Gasteiger partial charge is 0.481 e. The summed E-state index contributed by atoms with van der Waals surface area (Å²) in [4.78, 5) is 12.3. The summed E-state index contributed by atoms with van der Waals surface area (Å²) in [5.74, 6) is 0.411. The Bertz CT molecular complexity index is 722. The van der Waals surface area contributed by atoms with Crippen molar-refractivity contribution in [2.24, 2.45) is 5.92 Å². The zero-order valence-corrected chi connectivity index (χ0v) is 13.0. The number of allylic oxidation sites excluding steroid dienone is 1. The van der Waals surface area contributed by atoms with Gasteiger partial charge in [0.15, 0.2) is 5.60 Å². The molecule has 2 aromatic rings. The molecule has 3 nitrogen and oxygen atoms in total. The van der Waals surface area contributed by atoms with Crippen molar-refractivity contribution in [2.75, 3.05) is 6.61 Å². The molecular weight excluding hydrogens is 288 g/mol. The molecule has 2 aliphatic heterocycles. The number of fused-ring (bicyclic) bond motifs is 1. The lowest BCUT2D eigenvalue weighted by Crippen LogP contribution is -2.39. The molecule has 0 N–H and O–H groups in total. The van der Waals surface area contributed by atoms with Crippen LogP contribution in [0.5, 0.6) is 0 Å². The van der Waals surface area contributed by atoms with E-state index < -0.39 is 5.60 Å². The molecule has 2 heterocycles. The van der Waals surface area contributed by atoms with E-state index in [1.807, 2.05) is 43.3 Å². The second-order valence-corrected chi connectivity index (χ2v) is 6.02. The first-order valence-corrected chi connectivity index (χ1v) is 7.91. The Balaban J connectivity index is 1.94. The Morgan fingerprint density at radius 2 is 1.52 bits per heavy atom. The first-order chi connectivity index (χ1) is 11.2. The Labute approximate surface area is 135 Å². The summed E-state index contributed by atoms with van der Waals surface area (Å²) in [6, 6.07) is 20.3. The standard InChI is InChI=1S/C20H18O3/c1-14-18-17(12-13-22-19(18)21)20(23-14,15-8-4-2-5-9-15)16-10-6-3-7-11-16/h2-11,17H,12-13H2,1H3. The quantitative estimate of drug-likeness (QED) is 0.792.